The van der Waals surface area contributed by atoms with Gasteiger partial charge in [-0.05, 0) is 48.9 Å². The topological polar surface area (TPSA) is 64.9 Å². The minimum Gasteiger partial charge on any atom is -0.398 e. The molecule has 0 saturated carbocycles. The molecule has 4 nitrogen and oxygen atoms in total. The average Bonchev–Trinajstić information content (AvgIpc) is 2.91. The van der Waals surface area contributed by atoms with Crippen molar-refractivity contribution in [1.82, 2.24) is 10.1 Å². The summed E-state index contributed by atoms with van der Waals surface area (Å²) in [5, 5.41) is 3.92. The first-order chi connectivity index (χ1) is 10.0. The third kappa shape index (κ3) is 2.67. The van der Waals surface area contributed by atoms with Gasteiger partial charge in [-0.15, -0.1) is 0 Å². The third-order valence-corrected chi connectivity index (χ3v) is 3.58. The minimum absolute atomic E-state index is 0.264. The Morgan fingerprint density at radius 2 is 2.00 bits per heavy atom. The maximum atomic E-state index is 13.3. The lowest BCUT2D eigenvalue weighted by atomic mass is 10.1. The summed E-state index contributed by atoms with van der Waals surface area (Å²) in [6.07, 6.45) is 0. The number of hydrogen-bond acceptors (Lipinski definition) is 4. The highest BCUT2D eigenvalue weighted by atomic mass is 79.9. The molecule has 0 aliphatic heterocycles. The van der Waals surface area contributed by atoms with Crippen molar-refractivity contribution in [2.75, 3.05) is 5.73 Å². The van der Waals surface area contributed by atoms with Gasteiger partial charge in [0, 0.05) is 15.7 Å². The summed E-state index contributed by atoms with van der Waals surface area (Å²) in [4.78, 5) is 4.32. The fourth-order valence-corrected chi connectivity index (χ4v) is 2.34. The van der Waals surface area contributed by atoms with Crippen LogP contribution in [0.2, 0.25) is 0 Å². The van der Waals surface area contributed by atoms with Crippen LogP contribution in [0.1, 0.15) is 5.56 Å². The second-order valence-corrected chi connectivity index (χ2v) is 5.53. The Morgan fingerprint density at radius 3 is 2.71 bits per heavy atom. The highest BCUT2D eigenvalue weighted by Gasteiger charge is 2.14. The Morgan fingerprint density at radius 1 is 1.19 bits per heavy atom. The normalized spacial score (nSPS) is 10.8. The first-order valence-corrected chi connectivity index (χ1v) is 6.99. The van der Waals surface area contributed by atoms with Gasteiger partial charge in [0.05, 0.1) is 5.56 Å². The number of benzene rings is 2. The number of nitrogens with two attached hydrogens (primary N) is 1. The van der Waals surface area contributed by atoms with Gasteiger partial charge in [0.1, 0.15) is 5.82 Å². The summed E-state index contributed by atoms with van der Waals surface area (Å²) >= 11 is 3.34. The second kappa shape index (κ2) is 5.29. The van der Waals surface area contributed by atoms with Crippen molar-refractivity contribution in [3.8, 4) is 22.8 Å². The fourth-order valence-electron chi connectivity index (χ4n) is 1.96. The first-order valence-electron chi connectivity index (χ1n) is 6.20. The first kappa shape index (κ1) is 13.8. The van der Waals surface area contributed by atoms with E-state index in [1.54, 1.807) is 31.2 Å². The number of aromatic nitrogens is 2. The van der Waals surface area contributed by atoms with Crippen molar-refractivity contribution >= 4 is 21.6 Å². The number of halogens is 2. The summed E-state index contributed by atoms with van der Waals surface area (Å²) in [5.74, 6) is 0.465. The molecule has 0 saturated heterocycles. The smallest absolute Gasteiger partial charge is 0.260 e. The number of nitrogens with zero attached hydrogens (tertiary/aromatic N) is 2. The van der Waals surface area contributed by atoms with E-state index in [1.807, 2.05) is 6.07 Å². The summed E-state index contributed by atoms with van der Waals surface area (Å²) in [7, 11) is 0. The predicted molar refractivity (Wildman–Crippen MR) is 82.0 cm³/mol. The van der Waals surface area contributed by atoms with E-state index >= 15 is 0 Å². The molecule has 0 atom stereocenters. The molecule has 6 heteroatoms. The molecule has 0 unspecified atom stereocenters. The van der Waals surface area contributed by atoms with Crippen molar-refractivity contribution in [2.45, 2.75) is 6.92 Å². The van der Waals surface area contributed by atoms with Crippen molar-refractivity contribution in [3.05, 3.63) is 52.3 Å². The lowest BCUT2D eigenvalue weighted by Crippen LogP contribution is -1.90. The molecule has 0 spiro atoms. The molecule has 0 aliphatic carbocycles. The second-order valence-electron chi connectivity index (χ2n) is 4.62. The van der Waals surface area contributed by atoms with Crippen LogP contribution in [-0.4, -0.2) is 10.1 Å². The molecular weight excluding hydrogens is 337 g/mol. The van der Waals surface area contributed by atoms with Crippen LogP contribution in [0.5, 0.6) is 0 Å². The van der Waals surface area contributed by atoms with E-state index < -0.39 is 0 Å². The Hall–Kier alpha value is -2.21. The molecule has 3 rings (SSSR count). The Balaban J connectivity index is 2.01. The number of rotatable bonds is 2. The van der Waals surface area contributed by atoms with Crippen LogP contribution in [-0.2, 0) is 0 Å². The molecule has 3 aromatic rings. The van der Waals surface area contributed by atoms with Gasteiger partial charge in [0.25, 0.3) is 5.89 Å². The minimum atomic E-state index is -0.264. The van der Waals surface area contributed by atoms with Gasteiger partial charge in [0.2, 0.25) is 5.82 Å². The summed E-state index contributed by atoms with van der Waals surface area (Å²) in [5.41, 5.74) is 8.36. The number of hydrogen-bond donors (Lipinski definition) is 1. The van der Waals surface area contributed by atoms with Crippen molar-refractivity contribution in [3.63, 3.8) is 0 Å². The van der Waals surface area contributed by atoms with Gasteiger partial charge in [0.15, 0.2) is 0 Å². The van der Waals surface area contributed by atoms with Gasteiger partial charge in [-0.2, -0.15) is 4.98 Å². The quantitative estimate of drug-likeness (QED) is 0.705. The molecular formula is C15H11BrFN3O. The van der Waals surface area contributed by atoms with Crippen LogP contribution in [0.25, 0.3) is 22.8 Å². The van der Waals surface area contributed by atoms with E-state index in [9.17, 15) is 4.39 Å². The van der Waals surface area contributed by atoms with Gasteiger partial charge < -0.3 is 10.3 Å². The van der Waals surface area contributed by atoms with E-state index in [-0.39, 0.29) is 5.82 Å². The van der Waals surface area contributed by atoms with E-state index in [2.05, 4.69) is 26.1 Å². The highest BCUT2D eigenvalue weighted by Crippen LogP contribution is 2.29. The van der Waals surface area contributed by atoms with E-state index in [4.69, 9.17) is 10.3 Å². The Bertz CT molecular complexity index is 816. The average molecular weight is 348 g/mol. The summed E-state index contributed by atoms with van der Waals surface area (Å²) in [6.45, 7) is 1.69. The zero-order chi connectivity index (χ0) is 15.0. The monoisotopic (exact) mass is 347 g/mol. The Kier molecular flexibility index (Phi) is 3.47. The molecule has 1 heterocycles. The predicted octanol–water partition coefficient (Wildman–Crippen LogP) is 4.20. The van der Waals surface area contributed by atoms with Crippen molar-refractivity contribution < 1.29 is 8.91 Å². The SMILES string of the molecule is Cc1cc(-c2noc(-c3ccc(Br)cc3N)n2)ccc1F. The lowest BCUT2D eigenvalue weighted by Gasteiger charge is -2.00. The number of anilines is 1. The maximum Gasteiger partial charge on any atom is 0.260 e. The molecule has 0 amide bonds. The largest absolute Gasteiger partial charge is 0.398 e. The molecule has 0 aliphatic rings. The maximum absolute atomic E-state index is 13.3. The lowest BCUT2D eigenvalue weighted by molar-refractivity contribution is 0.432. The number of aryl methyl sites for hydroxylation is 1. The third-order valence-electron chi connectivity index (χ3n) is 3.09. The molecule has 21 heavy (non-hydrogen) atoms. The molecule has 106 valence electrons. The summed E-state index contributed by atoms with van der Waals surface area (Å²) in [6, 6.07) is 10.1. The number of nitrogen functional groups attached to an aromatic ring is 1. The fraction of sp³-hybridized carbons (Fsp3) is 0.0667. The molecule has 0 fully saturated rings. The van der Waals surface area contributed by atoms with Gasteiger partial charge >= 0.3 is 0 Å². The zero-order valence-electron chi connectivity index (χ0n) is 11.1. The van der Waals surface area contributed by atoms with Crippen LogP contribution >= 0.6 is 15.9 Å². The molecule has 1 aromatic heterocycles. The van der Waals surface area contributed by atoms with Gasteiger partial charge in [-0.3, -0.25) is 0 Å². The van der Waals surface area contributed by atoms with E-state index in [1.165, 1.54) is 6.07 Å². The van der Waals surface area contributed by atoms with Crippen LogP contribution in [0.15, 0.2) is 45.4 Å². The highest BCUT2D eigenvalue weighted by molar-refractivity contribution is 9.10. The van der Waals surface area contributed by atoms with E-state index in [0.717, 1.165) is 4.47 Å². The van der Waals surface area contributed by atoms with Crippen LogP contribution < -0.4 is 5.73 Å². The van der Waals surface area contributed by atoms with Crippen molar-refractivity contribution in [1.29, 1.82) is 0 Å². The van der Waals surface area contributed by atoms with Gasteiger partial charge in [-0.25, -0.2) is 4.39 Å². The Labute approximate surface area is 128 Å². The standard InChI is InChI=1S/C15H11BrFN3O/c1-8-6-9(2-5-12(8)17)14-19-15(21-20-14)11-4-3-10(16)7-13(11)18/h2-7H,18H2,1H3. The molecule has 2 N–H and O–H groups in total. The van der Waals surface area contributed by atoms with Crippen LogP contribution in [0, 0.1) is 12.7 Å². The van der Waals surface area contributed by atoms with Crippen LogP contribution in [0.4, 0.5) is 10.1 Å². The van der Waals surface area contributed by atoms with Gasteiger partial charge in [-0.1, -0.05) is 21.1 Å². The molecule has 2 aromatic carbocycles. The summed E-state index contributed by atoms with van der Waals surface area (Å²) < 4.78 is 19.4. The molecule has 0 bridgehead atoms. The van der Waals surface area contributed by atoms with Crippen molar-refractivity contribution in [2.24, 2.45) is 0 Å². The molecule has 0 radical (unpaired) electrons. The zero-order valence-corrected chi connectivity index (χ0v) is 12.7. The van der Waals surface area contributed by atoms with Crippen LogP contribution in [0.3, 0.4) is 0 Å². The van der Waals surface area contributed by atoms with E-state index in [0.29, 0.717) is 34.1 Å².